The molecule has 2 unspecified atom stereocenters. The lowest BCUT2D eigenvalue weighted by Crippen LogP contribution is -2.48. The lowest BCUT2D eigenvalue weighted by molar-refractivity contribution is -0.119. The average Bonchev–Trinajstić information content (AvgIpc) is 2.79. The average molecular weight is 345 g/mol. The molecule has 21 heavy (non-hydrogen) atoms. The number of hydrogen-bond acceptors (Lipinski definition) is 3. The first-order valence-electron chi connectivity index (χ1n) is 7.23. The van der Waals surface area contributed by atoms with Gasteiger partial charge in [-0.2, -0.15) is 0 Å². The van der Waals surface area contributed by atoms with Crippen LogP contribution in [0.4, 0.5) is 0 Å². The van der Waals surface area contributed by atoms with Crippen LogP contribution in [0.3, 0.4) is 0 Å². The summed E-state index contributed by atoms with van der Waals surface area (Å²) in [6.45, 7) is 0. The molecule has 0 saturated carbocycles. The minimum atomic E-state index is 0.0716. The smallest absolute Gasteiger partial charge is 0.230 e. The van der Waals surface area contributed by atoms with Crippen LogP contribution in [0.15, 0.2) is 23.1 Å². The number of carbonyl (C=O) groups is 1. The number of hydrogen-bond donors (Lipinski definition) is 2. The molecule has 2 fully saturated rings. The zero-order chi connectivity index (χ0) is 14.8. The summed E-state index contributed by atoms with van der Waals surface area (Å²) in [5.41, 5.74) is 0. The van der Waals surface area contributed by atoms with Gasteiger partial charge in [-0.3, -0.25) is 4.79 Å². The monoisotopic (exact) mass is 344 g/mol. The minimum Gasteiger partial charge on any atom is -0.353 e. The van der Waals surface area contributed by atoms with Crippen molar-refractivity contribution < 1.29 is 4.79 Å². The van der Waals surface area contributed by atoms with Crippen LogP contribution >= 0.6 is 35.0 Å². The number of fused-ring (bicyclic) bond motifs is 2. The summed E-state index contributed by atoms with van der Waals surface area (Å²) in [7, 11) is 0. The molecule has 3 rings (SSSR count). The third-order valence-corrected chi connectivity index (χ3v) is 5.82. The molecule has 6 heteroatoms. The van der Waals surface area contributed by atoms with Gasteiger partial charge in [-0.25, -0.2) is 0 Å². The Morgan fingerprint density at radius 1 is 1.29 bits per heavy atom. The Balaban J connectivity index is 1.49. The van der Waals surface area contributed by atoms with E-state index in [2.05, 4.69) is 10.6 Å². The first kappa shape index (κ1) is 15.5. The second-order valence-electron chi connectivity index (χ2n) is 5.74. The summed E-state index contributed by atoms with van der Waals surface area (Å²) >= 11 is 13.5. The largest absolute Gasteiger partial charge is 0.353 e. The highest BCUT2D eigenvalue weighted by Gasteiger charge is 2.33. The molecular weight excluding hydrogens is 327 g/mol. The van der Waals surface area contributed by atoms with Gasteiger partial charge in [0.1, 0.15) is 0 Å². The summed E-state index contributed by atoms with van der Waals surface area (Å²) in [5, 5.41) is 8.00. The molecule has 0 aliphatic carbocycles. The van der Waals surface area contributed by atoms with Gasteiger partial charge >= 0.3 is 0 Å². The lowest BCUT2D eigenvalue weighted by Gasteiger charge is -2.29. The molecule has 0 aromatic heterocycles. The number of halogens is 2. The second kappa shape index (κ2) is 6.78. The van der Waals surface area contributed by atoms with Gasteiger partial charge in [0.05, 0.1) is 10.8 Å². The van der Waals surface area contributed by atoms with Gasteiger partial charge in [0.15, 0.2) is 0 Å². The summed E-state index contributed by atoms with van der Waals surface area (Å²) < 4.78 is 0. The van der Waals surface area contributed by atoms with Crippen LogP contribution in [0, 0.1) is 0 Å². The van der Waals surface area contributed by atoms with E-state index in [1.807, 2.05) is 0 Å². The number of benzene rings is 1. The van der Waals surface area contributed by atoms with E-state index in [4.69, 9.17) is 23.2 Å². The van der Waals surface area contributed by atoms with Crippen molar-refractivity contribution in [3.05, 3.63) is 28.2 Å². The molecule has 2 bridgehead atoms. The summed E-state index contributed by atoms with van der Waals surface area (Å²) in [6.07, 6.45) is 4.57. The van der Waals surface area contributed by atoms with E-state index in [0.717, 1.165) is 17.7 Å². The van der Waals surface area contributed by atoms with Crippen LogP contribution in [0.1, 0.15) is 25.7 Å². The standard InChI is InChI=1S/C15H18Cl2N2OS/c16-9-1-4-13(17)14(5-9)21-8-15(20)19-12-6-10-2-3-11(7-12)18-10/h1,4-5,10-12,18H,2-3,6-8H2,(H,19,20). The van der Waals surface area contributed by atoms with E-state index in [1.54, 1.807) is 18.2 Å². The van der Waals surface area contributed by atoms with Crippen molar-refractivity contribution in [2.75, 3.05) is 5.75 Å². The van der Waals surface area contributed by atoms with Crippen molar-refractivity contribution in [3.8, 4) is 0 Å². The molecule has 2 aliphatic rings. The van der Waals surface area contributed by atoms with Crippen LogP contribution < -0.4 is 10.6 Å². The Labute approximate surface area is 139 Å². The SMILES string of the molecule is O=C(CSc1cc(Cl)ccc1Cl)NC1CC2CCC(C1)N2. The highest BCUT2D eigenvalue weighted by atomic mass is 35.5. The van der Waals surface area contributed by atoms with Crippen molar-refractivity contribution in [1.29, 1.82) is 0 Å². The molecule has 1 aromatic rings. The van der Waals surface area contributed by atoms with Crippen LogP contribution in [0.5, 0.6) is 0 Å². The minimum absolute atomic E-state index is 0.0716. The molecule has 1 amide bonds. The molecule has 2 saturated heterocycles. The highest BCUT2D eigenvalue weighted by molar-refractivity contribution is 8.00. The second-order valence-corrected chi connectivity index (χ2v) is 7.60. The fourth-order valence-electron chi connectivity index (χ4n) is 3.18. The van der Waals surface area contributed by atoms with Crippen molar-refractivity contribution in [2.45, 2.75) is 48.7 Å². The number of carbonyl (C=O) groups excluding carboxylic acids is 1. The third kappa shape index (κ3) is 4.07. The van der Waals surface area contributed by atoms with Gasteiger partial charge in [-0.05, 0) is 43.9 Å². The maximum Gasteiger partial charge on any atom is 0.230 e. The first-order valence-corrected chi connectivity index (χ1v) is 8.97. The number of amides is 1. The maximum atomic E-state index is 12.1. The molecule has 2 aliphatic heterocycles. The van der Waals surface area contributed by atoms with Gasteiger partial charge in [0.25, 0.3) is 0 Å². The van der Waals surface area contributed by atoms with Gasteiger partial charge < -0.3 is 10.6 Å². The zero-order valence-electron chi connectivity index (χ0n) is 11.6. The van der Waals surface area contributed by atoms with Gasteiger partial charge in [-0.15, -0.1) is 11.8 Å². The molecule has 114 valence electrons. The van der Waals surface area contributed by atoms with Crippen molar-refractivity contribution in [2.24, 2.45) is 0 Å². The fraction of sp³-hybridized carbons (Fsp3) is 0.533. The quantitative estimate of drug-likeness (QED) is 0.821. The van der Waals surface area contributed by atoms with E-state index in [0.29, 0.717) is 33.9 Å². The van der Waals surface area contributed by atoms with E-state index in [9.17, 15) is 4.79 Å². The summed E-state index contributed by atoms with van der Waals surface area (Å²) in [5.74, 6) is 0.446. The van der Waals surface area contributed by atoms with E-state index >= 15 is 0 Å². The molecular formula is C15H18Cl2N2OS. The Morgan fingerprint density at radius 2 is 2.00 bits per heavy atom. The number of piperidine rings is 1. The van der Waals surface area contributed by atoms with Crippen molar-refractivity contribution >= 4 is 40.9 Å². The Kier molecular flexibility index (Phi) is 4.99. The number of thioether (sulfide) groups is 1. The van der Waals surface area contributed by atoms with E-state index in [-0.39, 0.29) is 5.91 Å². The van der Waals surface area contributed by atoms with E-state index in [1.165, 1.54) is 24.6 Å². The van der Waals surface area contributed by atoms with Crippen LogP contribution in [-0.2, 0) is 4.79 Å². The van der Waals surface area contributed by atoms with Gasteiger partial charge in [0.2, 0.25) is 5.91 Å². The summed E-state index contributed by atoms with van der Waals surface area (Å²) in [4.78, 5) is 12.9. The molecule has 2 atom stereocenters. The third-order valence-electron chi connectivity index (χ3n) is 4.09. The Bertz CT molecular complexity index is 528. The van der Waals surface area contributed by atoms with Crippen molar-refractivity contribution in [3.63, 3.8) is 0 Å². The predicted molar refractivity (Wildman–Crippen MR) is 88.3 cm³/mol. The highest BCUT2D eigenvalue weighted by Crippen LogP contribution is 2.30. The molecule has 3 nitrogen and oxygen atoms in total. The zero-order valence-corrected chi connectivity index (χ0v) is 13.9. The molecule has 2 heterocycles. The Morgan fingerprint density at radius 3 is 2.71 bits per heavy atom. The number of nitrogens with one attached hydrogen (secondary N) is 2. The number of rotatable bonds is 4. The fourth-order valence-corrected chi connectivity index (χ4v) is 4.48. The van der Waals surface area contributed by atoms with Crippen molar-refractivity contribution in [1.82, 2.24) is 10.6 Å². The van der Waals surface area contributed by atoms with Crippen LogP contribution in [-0.4, -0.2) is 29.8 Å². The molecule has 2 N–H and O–H groups in total. The maximum absolute atomic E-state index is 12.1. The van der Waals surface area contributed by atoms with Gasteiger partial charge in [-0.1, -0.05) is 23.2 Å². The summed E-state index contributed by atoms with van der Waals surface area (Å²) in [6, 6.07) is 6.79. The molecule has 0 spiro atoms. The van der Waals surface area contributed by atoms with Crippen LogP contribution in [0.2, 0.25) is 10.0 Å². The molecule has 0 radical (unpaired) electrons. The van der Waals surface area contributed by atoms with Gasteiger partial charge in [0, 0.05) is 28.0 Å². The first-order chi connectivity index (χ1) is 10.1. The lowest BCUT2D eigenvalue weighted by atomic mass is 10.00. The topological polar surface area (TPSA) is 41.1 Å². The molecule has 1 aromatic carbocycles. The van der Waals surface area contributed by atoms with E-state index < -0.39 is 0 Å². The normalized spacial score (nSPS) is 27.6. The Hall–Kier alpha value is -0.420. The predicted octanol–water partition coefficient (Wildman–Crippen LogP) is 3.48. The van der Waals surface area contributed by atoms with Crippen LogP contribution in [0.25, 0.3) is 0 Å².